The summed E-state index contributed by atoms with van der Waals surface area (Å²) in [4.78, 5) is 4.81. The lowest BCUT2D eigenvalue weighted by atomic mass is 9.96. The highest BCUT2D eigenvalue weighted by Gasteiger charge is 2.17. The molecule has 5 aromatic rings. The van der Waals surface area contributed by atoms with E-state index >= 15 is 0 Å². The molecule has 2 aromatic carbocycles. The van der Waals surface area contributed by atoms with Crippen LogP contribution in [0.25, 0.3) is 28.2 Å². The molecular weight excluding hydrogens is 412 g/mol. The molecule has 0 amide bonds. The van der Waals surface area contributed by atoms with Gasteiger partial charge in [-0.15, -0.1) is 10.2 Å². The van der Waals surface area contributed by atoms with Gasteiger partial charge in [0.05, 0.1) is 11.4 Å². The van der Waals surface area contributed by atoms with Gasteiger partial charge in [-0.05, 0) is 53.3 Å². The lowest BCUT2D eigenvalue weighted by Gasteiger charge is -2.15. The Morgan fingerprint density at radius 2 is 1.79 bits per heavy atom. The summed E-state index contributed by atoms with van der Waals surface area (Å²) in [6.07, 6.45) is 4.48. The van der Waals surface area contributed by atoms with Gasteiger partial charge in [0.2, 0.25) is 5.82 Å². The summed E-state index contributed by atoms with van der Waals surface area (Å²) in [7, 11) is 0. The predicted molar refractivity (Wildman–Crippen MR) is 128 cm³/mol. The summed E-state index contributed by atoms with van der Waals surface area (Å²) >= 11 is 0. The Balaban J connectivity index is 1.48. The first-order valence-electron chi connectivity index (χ1n) is 11.2. The molecular formula is C26H26N6O. The maximum Gasteiger partial charge on any atom is 0.205 e. The molecule has 1 unspecified atom stereocenters. The molecule has 0 fully saturated rings. The number of imidazole rings is 1. The van der Waals surface area contributed by atoms with Crippen molar-refractivity contribution in [1.82, 2.24) is 30.0 Å². The van der Waals surface area contributed by atoms with E-state index in [1.165, 1.54) is 0 Å². The minimum Gasteiger partial charge on any atom is -0.382 e. The topological polar surface area (TPSA) is 92.0 Å². The Morgan fingerprint density at radius 3 is 2.52 bits per heavy atom. The van der Waals surface area contributed by atoms with Crippen molar-refractivity contribution in [2.45, 2.75) is 39.2 Å². The number of H-pyrrole nitrogens is 1. The van der Waals surface area contributed by atoms with Gasteiger partial charge in [0.15, 0.2) is 0 Å². The lowest BCUT2D eigenvalue weighted by molar-refractivity contribution is 0.214. The number of aliphatic hydroxyl groups is 1. The summed E-state index contributed by atoms with van der Waals surface area (Å²) in [5.74, 6) is 0.552. The van der Waals surface area contributed by atoms with Crippen LogP contribution in [0.2, 0.25) is 0 Å². The molecule has 7 nitrogen and oxygen atoms in total. The molecule has 33 heavy (non-hydrogen) atoms. The molecule has 2 N–H and O–H groups in total. The van der Waals surface area contributed by atoms with Crippen molar-refractivity contribution in [3.8, 4) is 22.5 Å². The molecule has 5 rings (SSSR count). The quantitative estimate of drug-likeness (QED) is 0.376. The summed E-state index contributed by atoms with van der Waals surface area (Å²) < 4.78 is 2.03. The largest absolute Gasteiger partial charge is 0.382 e. The number of aryl methyl sites for hydroxylation is 2. The summed E-state index contributed by atoms with van der Waals surface area (Å²) in [6, 6.07) is 19.9. The number of benzene rings is 2. The Bertz CT molecular complexity index is 1370. The van der Waals surface area contributed by atoms with Gasteiger partial charge in [-0.3, -0.25) is 0 Å². The van der Waals surface area contributed by atoms with E-state index in [1.54, 1.807) is 0 Å². The van der Waals surface area contributed by atoms with Crippen LogP contribution in [0.1, 0.15) is 48.4 Å². The highest BCUT2D eigenvalue weighted by molar-refractivity contribution is 5.80. The zero-order valence-electron chi connectivity index (χ0n) is 18.7. The van der Waals surface area contributed by atoms with Crippen LogP contribution in [0.5, 0.6) is 0 Å². The first-order chi connectivity index (χ1) is 16.2. The molecule has 7 heteroatoms. The number of nitrogens with zero attached hydrogens (tertiary/aromatic N) is 5. The van der Waals surface area contributed by atoms with E-state index in [0.717, 1.165) is 64.1 Å². The zero-order chi connectivity index (χ0) is 22.8. The van der Waals surface area contributed by atoms with Crippen LogP contribution in [0.4, 0.5) is 0 Å². The zero-order valence-corrected chi connectivity index (χ0v) is 18.7. The van der Waals surface area contributed by atoms with E-state index in [0.29, 0.717) is 5.82 Å². The van der Waals surface area contributed by atoms with Crippen LogP contribution >= 0.6 is 0 Å². The third-order valence-corrected chi connectivity index (χ3v) is 6.01. The van der Waals surface area contributed by atoms with Gasteiger partial charge in [0, 0.05) is 11.8 Å². The smallest absolute Gasteiger partial charge is 0.205 e. The number of nitrogens with one attached hydrogen (secondary N) is 1. The van der Waals surface area contributed by atoms with E-state index in [4.69, 9.17) is 4.98 Å². The number of aromatic amines is 1. The Hall–Kier alpha value is -3.84. The van der Waals surface area contributed by atoms with Gasteiger partial charge < -0.3 is 9.51 Å². The first kappa shape index (κ1) is 21.0. The number of rotatable bonds is 7. The van der Waals surface area contributed by atoms with Crippen molar-refractivity contribution in [2.24, 2.45) is 0 Å². The van der Waals surface area contributed by atoms with E-state index in [-0.39, 0.29) is 0 Å². The van der Waals surface area contributed by atoms with Crippen molar-refractivity contribution in [1.29, 1.82) is 0 Å². The van der Waals surface area contributed by atoms with Crippen molar-refractivity contribution >= 4 is 5.65 Å². The first-order valence-corrected chi connectivity index (χ1v) is 11.2. The fourth-order valence-corrected chi connectivity index (χ4v) is 4.19. The van der Waals surface area contributed by atoms with Gasteiger partial charge in [-0.25, -0.2) is 4.98 Å². The fraction of sp³-hybridized carbons (Fsp3) is 0.231. The van der Waals surface area contributed by atoms with Crippen LogP contribution < -0.4 is 0 Å². The second kappa shape index (κ2) is 8.96. The maximum absolute atomic E-state index is 11.3. The van der Waals surface area contributed by atoms with Crippen LogP contribution in [0.15, 0.2) is 66.9 Å². The standard InChI is InChI=1S/C26H26N6O/c1-3-4-7-20-16-32-23(15-10-17(2)26(32)27-20)24(33)19-13-11-18(12-14-19)21-8-5-6-9-22(21)25-28-30-31-29-25/h5-6,8-16,24,33H,3-4,7H2,1-2H3,(H,28,29,30,31). The minimum atomic E-state index is -0.761. The number of tetrazole rings is 1. The van der Waals surface area contributed by atoms with Gasteiger partial charge in [0.25, 0.3) is 0 Å². The van der Waals surface area contributed by atoms with Crippen molar-refractivity contribution in [2.75, 3.05) is 0 Å². The molecule has 0 saturated heterocycles. The molecule has 1 atom stereocenters. The van der Waals surface area contributed by atoms with Crippen LogP contribution in [0.3, 0.4) is 0 Å². The molecule has 0 aliphatic heterocycles. The van der Waals surface area contributed by atoms with E-state index in [9.17, 15) is 5.11 Å². The van der Waals surface area contributed by atoms with Crippen molar-refractivity contribution < 1.29 is 5.11 Å². The van der Waals surface area contributed by atoms with Crippen molar-refractivity contribution in [3.63, 3.8) is 0 Å². The number of fused-ring (bicyclic) bond motifs is 1. The van der Waals surface area contributed by atoms with Crippen LogP contribution in [0, 0.1) is 6.92 Å². The summed E-state index contributed by atoms with van der Waals surface area (Å²) in [5.41, 5.74) is 7.63. The maximum atomic E-state index is 11.3. The molecule has 0 radical (unpaired) electrons. The van der Waals surface area contributed by atoms with E-state index in [2.05, 4.69) is 40.7 Å². The number of aliphatic hydroxyl groups excluding tert-OH is 1. The van der Waals surface area contributed by atoms with Gasteiger partial charge in [-0.1, -0.05) is 67.9 Å². The average Bonchev–Trinajstić information content (AvgIpc) is 3.54. The monoisotopic (exact) mass is 438 g/mol. The average molecular weight is 439 g/mol. The Labute approximate surface area is 192 Å². The van der Waals surface area contributed by atoms with Gasteiger partial charge >= 0.3 is 0 Å². The Morgan fingerprint density at radius 1 is 1.00 bits per heavy atom. The summed E-state index contributed by atoms with van der Waals surface area (Å²) in [6.45, 7) is 4.23. The second-order valence-electron chi connectivity index (χ2n) is 8.28. The van der Waals surface area contributed by atoms with Crippen LogP contribution in [-0.2, 0) is 6.42 Å². The minimum absolute atomic E-state index is 0.552. The SMILES string of the molecule is CCCCc1cn2c(C(O)c3ccc(-c4ccccc4-c4nn[nH]n4)cc3)ccc(C)c2n1. The number of unbranched alkanes of at least 4 members (excludes halogenated alkanes) is 1. The number of pyridine rings is 1. The predicted octanol–water partition coefficient (Wildman–Crippen LogP) is 4.91. The van der Waals surface area contributed by atoms with Crippen molar-refractivity contribution in [3.05, 3.63) is 89.4 Å². The highest BCUT2D eigenvalue weighted by atomic mass is 16.3. The second-order valence-corrected chi connectivity index (χ2v) is 8.28. The molecule has 0 spiro atoms. The third kappa shape index (κ3) is 4.03. The molecule has 0 aliphatic rings. The molecule has 166 valence electrons. The Kier molecular flexibility index (Phi) is 5.71. The number of aromatic nitrogens is 6. The molecule has 0 aliphatic carbocycles. The molecule has 3 heterocycles. The molecule has 0 saturated carbocycles. The van der Waals surface area contributed by atoms with E-state index < -0.39 is 6.10 Å². The van der Waals surface area contributed by atoms with E-state index in [1.807, 2.05) is 65.1 Å². The van der Waals surface area contributed by atoms with Gasteiger partial charge in [-0.2, -0.15) is 5.21 Å². The fourth-order valence-electron chi connectivity index (χ4n) is 4.19. The third-order valence-electron chi connectivity index (χ3n) is 6.01. The van der Waals surface area contributed by atoms with Gasteiger partial charge in [0.1, 0.15) is 11.8 Å². The normalized spacial score (nSPS) is 12.3. The highest BCUT2D eigenvalue weighted by Crippen LogP contribution is 2.32. The lowest BCUT2D eigenvalue weighted by Crippen LogP contribution is -2.06. The van der Waals surface area contributed by atoms with Crippen LogP contribution in [-0.4, -0.2) is 35.1 Å². The summed E-state index contributed by atoms with van der Waals surface area (Å²) in [5, 5.41) is 25.7. The number of hydrogen-bond donors (Lipinski definition) is 2. The molecule has 3 aromatic heterocycles. The molecule has 0 bridgehead atoms. The number of hydrogen-bond acceptors (Lipinski definition) is 5.